The van der Waals surface area contributed by atoms with Crippen LogP contribution in [0.3, 0.4) is 0 Å². The van der Waals surface area contributed by atoms with Crippen molar-refractivity contribution in [2.45, 2.75) is 32.7 Å². The molecule has 0 saturated heterocycles. The number of imidazole rings is 1. The van der Waals surface area contributed by atoms with Gasteiger partial charge in [0.25, 0.3) is 5.91 Å². The number of carbonyl (C=O) groups excluding carboxylic acids is 1. The highest BCUT2D eigenvalue weighted by atomic mass is 16.1. The largest absolute Gasteiger partial charge is 0.309 e. The van der Waals surface area contributed by atoms with Crippen LogP contribution in [0.4, 0.5) is 5.82 Å². The van der Waals surface area contributed by atoms with Crippen molar-refractivity contribution in [3.63, 3.8) is 0 Å². The number of amides is 1. The van der Waals surface area contributed by atoms with Gasteiger partial charge in [-0.3, -0.25) is 4.79 Å². The summed E-state index contributed by atoms with van der Waals surface area (Å²) in [6.07, 6.45) is 4.14. The van der Waals surface area contributed by atoms with Crippen LogP contribution in [0.2, 0.25) is 0 Å². The van der Waals surface area contributed by atoms with E-state index in [-0.39, 0.29) is 11.4 Å². The van der Waals surface area contributed by atoms with Gasteiger partial charge in [0, 0.05) is 11.1 Å². The van der Waals surface area contributed by atoms with E-state index in [4.69, 9.17) is 0 Å². The first-order valence-electron chi connectivity index (χ1n) is 7.58. The molecular weight excluding hydrogens is 290 g/mol. The Morgan fingerprint density at radius 3 is 2.61 bits per heavy atom. The molecule has 0 atom stereocenters. The predicted octanol–water partition coefficient (Wildman–Crippen LogP) is 3.22. The van der Waals surface area contributed by atoms with E-state index >= 15 is 0 Å². The molecule has 3 rings (SSSR count). The zero-order chi connectivity index (χ0) is 16.4. The van der Waals surface area contributed by atoms with Crippen molar-refractivity contribution in [3.05, 3.63) is 48.5 Å². The molecule has 23 heavy (non-hydrogen) atoms. The molecule has 0 fully saturated rings. The third kappa shape index (κ3) is 2.79. The van der Waals surface area contributed by atoms with E-state index in [1.807, 2.05) is 22.8 Å². The quantitative estimate of drug-likeness (QED) is 0.803. The minimum absolute atomic E-state index is 0.107. The first-order chi connectivity index (χ1) is 11.0. The lowest BCUT2D eigenvalue weighted by Crippen LogP contribution is -2.24. The second-order valence-electron chi connectivity index (χ2n) is 6.00. The maximum Gasteiger partial charge on any atom is 0.256 e. The Morgan fingerprint density at radius 2 is 1.91 bits per heavy atom. The summed E-state index contributed by atoms with van der Waals surface area (Å²) in [5.41, 5.74) is 1.78. The average Bonchev–Trinajstić information content (AvgIpc) is 3.01. The summed E-state index contributed by atoms with van der Waals surface area (Å²) >= 11 is 0. The zero-order valence-electron chi connectivity index (χ0n) is 13.4. The Labute approximate surface area is 134 Å². The molecule has 0 unspecified atom stereocenters. The maximum atomic E-state index is 12.3. The molecule has 1 amide bonds. The minimum atomic E-state index is -0.213. The van der Waals surface area contributed by atoms with Crippen molar-refractivity contribution in [2.75, 3.05) is 5.32 Å². The minimum Gasteiger partial charge on any atom is -0.309 e. The standard InChI is InChI=1S/C17H19N5O/c1-4-17(2,3)22-11-20-13-14(18-10-19-15(13)22)21-16(23)12-8-6-5-7-9-12/h5-11H,4H2,1-3H3,(H,18,19,21,23). The Kier molecular flexibility index (Phi) is 3.82. The van der Waals surface area contributed by atoms with E-state index < -0.39 is 0 Å². The first kappa shape index (κ1) is 15.1. The normalized spacial score (nSPS) is 11.6. The van der Waals surface area contributed by atoms with Crippen molar-refractivity contribution in [2.24, 2.45) is 0 Å². The molecule has 3 aromatic rings. The number of anilines is 1. The lowest BCUT2D eigenvalue weighted by atomic mass is 10.0. The van der Waals surface area contributed by atoms with E-state index in [0.717, 1.165) is 12.1 Å². The van der Waals surface area contributed by atoms with Gasteiger partial charge in [-0.15, -0.1) is 0 Å². The van der Waals surface area contributed by atoms with Crippen LogP contribution in [0.25, 0.3) is 11.2 Å². The van der Waals surface area contributed by atoms with Crippen molar-refractivity contribution < 1.29 is 4.79 Å². The van der Waals surface area contributed by atoms with Crippen molar-refractivity contribution in [3.8, 4) is 0 Å². The summed E-state index contributed by atoms with van der Waals surface area (Å²) in [6, 6.07) is 9.03. The van der Waals surface area contributed by atoms with Gasteiger partial charge in [-0.05, 0) is 32.4 Å². The number of hydrogen-bond donors (Lipinski definition) is 1. The fourth-order valence-electron chi connectivity index (χ4n) is 2.31. The molecule has 0 bridgehead atoms. The zero-order valence-corrected chi connectivity index (χ0v) is 13.4. The third-order valence-electron chi connectivity index (χ3n) is 4.12. The second-order valence-corrected chi connectivity index (χ2v) is 6.00. The molecule has 0 radical (unpaired) electrons. The van der Waals surface area contributed by atoms with E-state index in [2.05, 4.69) is 41.0 Å². The molecule has 2 aromatic heterocycles. The van der Waals surface area contributed by atoms with Gasteiger partial charge in [0.15, 0.2) is 17.0 Å². The van der Waals surface area contributed by atoms with E-state index in [1.165, 1.54) is 6.33 Å². The van der Waals surface area contributed by atoms with Crippen LogP contribution in [-0.2, 0) is 5.54 Å². The molecule has 118 valence electrons. The number of aromatic nitrogens is 4. The van der Waals surface area contributed by atoms with Gasteiger partial charge in [-0.1, -0.05) is 25.1 Å². The summed E-state index contributed by atoms with van der Waals surface area (Å²) in [6.45, 7) is 6.36. The van der Waals surface area contributed by atoms with E-state index in [1.54, 1.807) is 18.5 Å². The van der Waals surface area contributed by atoms with Gasteiger partial charge in [0.05, 0.1) is 6.33 Å². The lowest BCUT2D eigenvalue weighted by Gasteiger charge is -2.24. The molecule has 6 nitrogen and oxygen atoms in total. The van der Waals surface area contributed by atoms with Crippen molar-refractivity contribution in [1.29, 1.82) is 0 Å². The molecule has 0 spiro atoms. The van der Waals surface area contributed by atoms with Crippen molar-refractivity contribution >= 4 is 22.9 Å². The summed E-state index contributed by atoms with van der Waals surface area (Å²) in [7, 11) is 0. The summed E-state index contributed by atoms with van der Waals surface area (Å²) in [4.78, 5) is 25.2. The van der Waals surface area contributed by atoms with Crippen LogP contribution in [0, 0.1) is 0 Å². The molecule has 6 heteroatoms. The second kappa shape index (κ2) is 5.79. The third-order valence-corrected chi connectivity index (χ3v) is 4.12. The topological polar surface area (TPSA) is 72.7 Å². The highest BCUT2D eigenvalue weighted by molar-refractivity contribution is 6.06. The smallest absolute Gasteiger partial charge is 0.256 e. The molecule has 0 aliphatic rings. The number of fused-ring (bicyclic) bond motifs is 1. The Balaban J connectivity index is 1.98. The number of hydrogen-bond acceptors (Lipinski definition) is 4. The van der Waals surface area contributed by atoms with Crippen LogP contribution < -0.4 is 5.32 Å². The number of nitrogens with zero attached hydrogens (tertiary/aromatic N) is 4. The van der Waals surface area contributed by atoms with Gasteiger partial charge >= 0.3 is 0 Å². The van der Waals surface area contributed by atoms with Gasteiger partial charge in [0.2, 0.25) is 0 Å². The van der Waals surface area contributed by atoms with Crippen LogP contribution in [0.15, 0.2) is 43.0 Å². The number of rotatable bonds is 4. The van der Waals surface area contributed by atoms with Gasteiger partial charge < -0.3 is 9.88 Å². The maximum absolute atomic E-state index is 12.3. The Hall–Kier alpha value is -2.76. The number of benzene rings is 1. The van der Waals surface area contributed by atoms with Crippen LogP contribution in [0.5, 0.6) is 0 Å². The molecule has 1 N–H and O–H groups in total. The monoisotopic (exact) mass is 309 g/mol. The van der Waals surface area contributed by atoms with Crippen LogP contribution in [-0.4, -0.2) is 25.4 Å². The SMILES string of the molecule is CCC(C)(C)n1cnc2c(NC(=O)c3ccccc3)ncnc21. The molecular formula is C17H19N5O. The predicted molar refractivity (Wildman–Crippen MR) is 89.3 cm³/mol. The summed E-state index contributed by atoms with van der Waals surface area (Å²) in [5.74, 6) is 0.212. The van der Waals surface area contributed by atoms with Crippen LogP contribution >= 0.6 is 0 Å². The number of carbonyl (C=O) groups is 1. The van der Waals surface area contributed by atoms with Crippen LogP contribution in [0.1, 0.15) is 37.6 Å². The first-order valence-corrected chi connectivity index (χ1v) is 7.58. The molecule has 0 aliphatic carbocycles. The fourth-order valence-corrected chi connectivity index (χ4v) is 2.31. The van der Waals surface area contributed by atoms with Crippen molar-refractivity contribution in [1.82, 2.24) is 19.5 Å². The highest BCUT2D eigenvalue weighted by Gasteiger charge is 2.22. The summed E-state index contributed by atoms with van der Waals surface area (Å²) < 4.78 is 2.02. The Morgan fingerprint density at radius 1 is 1.17 bits per heavy atom. The van der Waals surface area contributed by atoms with E-state index in [0.29, 0.717) is 16.9 Å². The number of nitrogens with one attached hydrogen (secondary N) is 1. The molecule has 2 heterocycles. The van der Waals surface area contributed by atoms with Gasteiger partial charge in [-0.25, -0.2) is 15.0 Å². The Bertz CT molecular complexity index is 839. The van der Waals surface area contributed by atoms with Gasteiger partial charge in [-0.2, -0.15) is 0 Å². The molecule has 0 saturated carbocycles. The molecule has 0 aliphatic heterocycles. The summed E-state index contributed by atoms with van der Waals surface area (Å²) in [5, 5.41) is 2.82. The molecule has 1 aromatic carbocycles. The fraction of sp³-hybridized carbons (Fsp3) is 0.294. The van der Waals surface area contributed by atoms with E-state index in [9.17, 15) is 4.79 Å². The highest BCUT2D eigenvalue weighted by Crippen LogP contribution is 2.26. The van der Waals surface area contributed by atoms with Gasteiger partial charge in [0.1, 0.15) is 6.33 Å². The average molecular weight is 309 g/mol. The lowest BCUT2D eigenvalue weighted by molar-refractivity contribution is 0.102.